The third kappa shape index (κ3) is 6.02. The normalized spacial score (nSPS) is 26.5. The molecule has 0 aromatic carbocycles. The van der Waals surface area contributed by atoms with Crippen molar-refractivity contribution in [2.75, 3.05) is 12.3 Å². The molecule has 1 unspecified atom stereocenters. The Kier molecular flexibility index (Phi) is 8.91. The molecule has 5 atom stereocenters. The van der Waals surface area contributed by atoms with Gasteiger partial charge in [0.2, 0.25) is 0 Å². The number of anilines is 1. The summed E-state index contributed by atoms with van der Waals surface area (Å²) >= 11 is 0. The molecule has 15 nitrogen and oxygen atoms in total. The Hall–Kier alpha value is -0.510. The van der Waals surface area contributed by atoms with Crippen molar-refractivity contribution < 1.29 is 78.6 Å². The van der Waals surface area contributed by atoms with Gasteiger partial charge in [0.05, 0.1) is 12.9 Å². The van der Waals surface area contributed by atoms with Crippen LogP contribution in [-0.2, 0) is 22.7 Å². The number of phosphoric acid groups is 2. The number of hydrogen-bond acceptors (Lipinski definition) is 11. The third-order valence-electron chi connectivity index (χ3n) is 3.61. The number of nitrogen functional groups attached to an aromatic ring is 1. The van der Waals surface area contributed by atoms with Crippen LogP contribution in [0.1, 0.15) is 15.1 Å². The maximum atomic E-state index is 11.5. The van der Waals surface area contributed by atoms with Gasteiger partial charge in [0.15, 0.2) is 17.7 Å². The molecule has 2 aromatic heterocycles. The van der Waals surface area contributed by atoms with E-state index in [2.05, 4.69) is 23.8 Å². The van der Waals surface area contributed by atoms with Crippen LogP contribution in [0.5, 0.6) is 0 Å². The number of rotatable bonds is 6. The van der Waals surface area contributed by atoms with E-state index in [1.54, 1.807) is 0 Å². The Labute approximate surface area is 187 Å². The number of fused-ring (bicyclic) bond motifs is 1. The van der Waals surface area contributed by atoms with Crippen molar-refractivity contribution in [2.24, 2.45) is 0 Å². The van der Waals surface area contributed by atoms with Crippen molar-refractivity contribution in [3.63, 3.8) is 0 Å². The first kappa shape index (κ1) is 26.5. The Morgan fingerprint density at radius 1 is 1.21 bits per heavy atom. The number of imidazole rings is 1. The molecule has 3 rings (SSSR count). The Morgan fingerprint density at radius 3 is 2.48 bits per heavy atom. The van der Waals surface area contributed by atoms with Crippen LogP contribution in [0.2, 0.25) is 0 Å². The molecular formula is C11H20N5NaO10P2. The van der Waals surface area contributed by atoms with Gasteiger partial charge in [-0.05, 0) is 0 Å². The minimum Gasteiger partial charge on any atom is -1.00 e. The molecule has 18 heteroatoms. The molecular weight excluding hydrogens is 447 g/mol. The van der Waals surface area contributed by atoms with Crippen LogP contribution in [0.15, 0.2) is 12.7 Å². The zero-order valence-electron chi connectivity index (χ0n) is 15.2. The molecule has 0 spiro atoms. The van der Waals surface area contributed by atoms with Crippen molar-refractivity contribution in [1.29, 1.82) is 0 Å². The molecule has 0 radical (unpaired) electrons. The van der Waals surface area contributed by atoms with Gasteiger partial charge in [0, 0.05) is 0 Å². The first-order valence-corrected chi connectivity index (χ1v) is 10.2. The van der Waals surface area contributed by atoms with Crippen molar-refractivity contribution in [3.05, 3.63) is 12.7 Å². The molecule has 2 aromatic rings. The zero-order chi connectivity index (χ0) is 20.0. The molecule has 0 amide bonds. The number of phosphoric ester groups is 1. The van der Waals surface area contributed by atoms with Crippen LogP contribution in [0, 0.1) is 0 Å². The van der Waals surface area contributed by atoms with Gasteiger partial charge >= 0.3 is 45.2 Å². The number of aliphatic hydroxyl groups excluding tert-OH is 2. The van der Waals surface area contributed by atoms with E-state index < -0.39 is 46.8 Å². The van der Waals surface area contributed by atoms with Crippen LogP contribution in [0.3, 0.4) is 0 Å². The Morgan fingerprint density at radius 2 is 1.86 bits per heavy atom. The number of ether oxygens (including phenoxy) is 1. The average Bonchev–Trinajstić information content (AvgIpc) is 3.07. The van der Waals surface area contributed by atoms with Gasteiger partial charge in [-0.25, -0.2) is 24.1 Å². The molecule has 0 saturated carbocycles. The third-order valence-corrected chi connectivity index (χ3v) is 5.76. The summed E-state index contributed by atoms with van der Waals surface area (Å²) in [4.78, 5) is 38.1. The summed E-state index contributed by atoms with van der Waals surface area (Å²) in [5.41, 5.74) is 6.11. The van der Waals surface area contributed by atoms with E-state index in [9.17, 15) is 24.2 Å². The number of nitrogens with zero attached hydrogens (tertiary/aromatic N) is 4. The van der Waals surface area contributed by atoms with Crippen LogP contribution >= 0.6 is 15.6 Å². The number of aromatic nitrogens is 4. The van der Waals surface area contributed by atoms with Crippen molar-refractivity contribution in [1.82, 2.24) is 19.5 Å². The van der Waals surface area contributed by atoms with Gasteiger partial charge in [0.1, 0.15) is 30.2 Å². The van der Waals surface area contributed by atoms with Gasteiger partial charge in [-0.2, -0.15) is 4.31 Å². The second-order valence-electron chi connectivity index (χ2n) is 5.47. The van der Waals surface area contributed by atoms with Gasteiger partial charge < -0.3 is 36.8 Å². The Bertz CT molecular complexity index is 946. The molecule has 7 N–H and O–H groups in total. The molecule has 29 heavy (non-hydrogen) atoms. The smallest absolute Gasteiger partial charge is 1.00 e. The number of aliphatic hydroxyl groups is 2. The fraction of sp³-hybridized carbons (Fsp3) is 0.545. The molecule has 0 aliphatic carbocycles. The van der Waals surface area contributed by atoms with Gasteiger partial charge in [0.25, 0.3) is 0 Å². The summed E-state index contributed by atoms with van der Waals surface area (Å²) in [5, 5.41) is 20.3. The summed E-state index contributed by atoms with van der Waals surface area (Å²) in [6, 6.07) is 0. The summed E-state index contributed by atoms with van der Waals surface area (Å²) in [6.07, 6.45) is -3.20. The molecule has 1 aliphatic rings. The maximum Gasteiger partial charge on any atom is 1.00 e. The first-order valence-electron chi connectivity index (χ1n) is 7.17. The molecule has 1 aliphatic heterocycles. The van der Waals surface area contributed by atoms with Crippen LogP contribution in [0.25, 0.3) is 11.2 Å². The summed E-state index contributed by atoms with van der Waals surface area (Å²) in [6.45, 7) is -0.813. The minimum atomic E-state index is -5.29. The van der Waals surface area contributed by atoms with Crippen molar-refractivity contribution in [2.45, 2.75) is 32.0 Å². The number of nitrogens with two attached hydrogens (primary N) is 1. The fourth-order valence-electron chi connectivity index (χ4n) is 2.48. The topological polar surface area (TPSA) is 233 Å². The van der Waals surface area contributed by atoms with Crippen molar-refractivity contribution in [3.8, 4) is 0 Å². The van der Waals surface area contributed by atoms with Crippen molar-refractivity contribution >= 4 is 32.6 Å². The van der Waals surface area contributed by atoms with E-state index >= 15 is 0 Å². The fourth-order valence-corrected chi connectivity index (χ4v) is 4.08. The van der Waals surface area contributed by atoms with Gasteiger partial charge in [-0.3, -0.25) is 9.09 Å². The monoisotopic (exact) mass is 467 g/mol. The molecule has 1 fully saturated rings. The van der Waals surface area contributed by atoms with E-state index in [4.69, 9.17) is 20.3 Å². The molecule has 3 heterocycles. The maximum absolute atomic E-state index is 11.5. The summed E-state index contributed by atoms with van der Waals surface area (Å²) in [7, 11) is -10.4. The van der Waals surface area contributed by atoms with Gasteiger partial charge in [-0.1, -0.05) is 7.43 Å². The predicted molar refractivity (Wildman–Crippen MR) is 92.4 cm³/mol. The second-order valence-corrected chi connectivity index (χ2v) is 8.30. The van der Waals surface area contributed by atoms with E-state index in [0.29, 0.717) is 0 Å². The second kappa shape index (κ2) is 9.75. The van der Waals surface area contributed by atoms with E-state index in [-0.39, 0.29) is 55.4 Å². The largest absolute Gasteiger partial charge is 1.00 e. The summed E-state index contributed by atoms with van der Waals surface area (Å²) in [5.74, 6) is 0.0856. The summed E-state index contributed by atoms with van der Waals surface area (Å²) < 4.78 is 36.8. The van der Waals surface area contributed by atoms with E-state index in [1.807, 2.05) is 0 Å². The molecule has 0 bridgehead atoms. The quantitative estimate of drug-likeness (QED) is 0.176. The predicted octanol–water partition coefficient (Wildman–Crippen LogP) is -3.99. The van der Waals surface area contributed by atoms with E-state index in [0.717, 1.165) is 6.33 Å². The molecule has 160 valence electrons. The standard InChI is InChI=1S/C10H15N5O10P2.CH4.Na.H/c11-8-5-9(13-2-12-8)15(3-14-5)10-7(17)6(16)4(24-10)1-23-27(21,22)25-26(18,19)20;;;/h2-4,6-7,10,16-17H,1H2,(H,21,22)(H2,11,12,13)(H2,18,19,20);1H4;;/q;;+1;-1/t4-,6-,7-,10-;;;/m1.../s1. The van der Waals surface area contributed by atoms with Crippen LogP contribution in [0.4, 0.5) is 5.82 Å². The number of hydrogen-bond donors (Lipinski definition) is 6. The van der Waals surface area contributed by atoms with Crippen LogP contribution < -0.4 is 35.3 Å². The van der Waals surface area contributed by atoms with Crippen LogP contribution in [-0.4, -0.2) is 69.3 Å². The minimum absolute atomic E-state index is 0. The van der Waals surface area contributed by atoms with E-state index in [1.165, 1.54) is 10.9 Å². The molecule has 1 saturated heterocycles. The first-order chi connectivity index (χ1) is 12.5. The van der Waals surface area contributed by atoms with Gasteiger partial charge in [-0.15, -0.1) is 0 Å². The SMILES string of the molecule is C.Nc1ncnc2c1ncn2[C@@H]1O[C@H](COP(=O)(O)OP(=O)(O)O)[C@@H](O)[C@H]1O.[H-].[Na+]. The average molecular weight is 467 g/mol. The zero-order valence-corrected chi connectivity index (χ0v) is 18.0. The Balaban J connectivity index is 0.00000280.